The van der Waals surface area contributed by atoms with Crippen LogP contribution in [0.15, 0.2) is 42.5 Å². The first-order valence-corrected chi connectivity index (χ1v) is 9.39. The molecule has 2 aromatic carbocycles. The van der Waals surface area contributed by atoms with Crippen molar-refractivity contribution in [3.63, 3.8) is 0 Å². The number of nitrogens with two attached hydrogens (primary N) is 1. The van der Waals surface area contributed by atoms with Crippen molar-refractivity contribution in [2.75, 3.05) is 6.54 Å². The van der Waals surface area contributed by atoms with Crippen molar-refractivity contribution in [3.05, 3.63) is 70.8 Å². The Hall–Kier alpha value is -2.31. The molecule has 2 aromatic rings. The molecule has 0 spiro atoms. The number of primary amides is 1. The van der Waals surface area contributed by atoms with Crippen LogP contribution in [0.5, 0.6) is 0 Å². The monoisotopic (exact) mass is 390 g/mol. The number of hydrogen-bond donors (Lipinski definition) is 3. The van der Waals surface area contributed by atoms with Gasteiger partial charge in [0.25, 0.3) is 0 Å². The van der Waals surface area contributed by atoms with Crippen LogP contribution in [0.2, 0.25) is 0 Å². The minimum atomic E-state index is -1.10. The van der Waals surface area contributed by atoms with Crippen molar-refractivity contribution in [2.24, 2.45) is 11.7 Å². The fourth-order valence-corrected chi connectivity index (χ4v) is 3.19. The lowest BCUT2D eigenvalue weighted by atomic mass is 9.90. The maximum atomic E-state index is 13.4. The molecule has 0 aliphatic rings. The highest BCUT2D eigenvalue weighted by atomic mass is 19.1. The summed E-state index contributed by atoms with van der Waals surface area (Å²) in [7, 11) is 0. The van der Waals surface area contributed by atoms with E-state index in [1.54, 1.807) is 0 Å². The van der Waals surface area contributed by atoms with Gasteiger partial charge in [-0.1, -0.05) is 31.2 Å². The first-order valence-electron chi connectivity index (χ1n) is 9.39. The van der Waals surface area contributed by atoms with Crippen molar-refractivity contribution in [2.45, 2.75) is 45.3 Å². The summed E-state index contributed by atoms with van der Waals surface area (Å²) in [5.74, 6) is -3.15. The van der Waals surface area contributed by atoms with Crippen LogP contribution in [0.25, 0.3) is 0 Å². The molecule has 0 unspecified atom stereocenters. The molecule has 0 heterocycles. The molecule has 0 aromatic heterocycles. The fraction of sp³-hybridized carbons (Fsp3) is 0.409. The molecular formula is C22H28F2N2O2. The molecule has 0 saturated heterocycles. The average Bonchev–Trinajstić information content (AvgIpc) is 2.63. The zero-order valence-electron chi connectivity index (χ0n) is 16.5. The Labute approximate surface area is 164 Å². The number of halogens is 2. The average molecular weight is 390 g/mol. The summed E-state index contributed by atoms with van der Waals surface area (Å²) in [6.07, 6.45) is -0.225. The molecule has 4 nitrogen and oxygen atoms in total. The number of benzene rings is 2. The van der Waals surface area contributed by atoms with Crippen molar-refractivity contribution in [1.29, 1.82) is 0 Å². The molecule has 0 fully saturated rings. The minimum absolute atomic E-state index is 0.0430. The van der Waals surface area contributed by atoms with Crippen LogP contribution in [0.1, 0.15) is 37.5 Å². The van der Waals surface area contributed by atoms with Crippen molar-refractivity contribution in [1.82, 2.24) is 5.32 Å². The number of carbonyl (C=O) groups is 1. The first-order chi connectivity index (χ1) is 13.1. The van der Waals surface area contributed by atoms with Crippen LogP contribution in [0.3, 0.4) is 0 Å². The van der Waals surface area contributed by atoms with Gasteiger partial charge in [0.2, 0.25) is 5.91 Å². The maximum absolute atomic E-state index is 13.4. The van der Waals surface area contributed by atoms with Gasteiger partial charge in [-0.15, -0.1) is 0 Å². The van der Waals surface area contributed by atoms with E-state index in [-0.39, 0.29) is 18.5 Å². The van der Waals surface area contributed by atoms with Gasteiger partial charge in [0, 0.05) is 18.2 Å². The Kier molecular flexibility index (Phi) is 7.27. The number of rotatable bonds is 9. The van der Waals surface area contributed by atoms with Gasteiger partial charge in [0.1, 0.15) is 11.6 Å². The van der Waals surface area contributed by atoms with Crippen LogP contribution in [0.4, 0.5) is 8.78 Å². The summed E-state index contributed by atoms with van der Waals surface area (Å²) in [6, 6.07) is 11.2. The minimum Gasteiger partial charge on any atom is -0.391 e. The Morgan fingerprint density at radius 1 is 1.14 bits per heavy atom. The van der Waals surface area contributed by atoms with Gasteiger partial charge in [0.05, 0.1) is 12.0 Å². The lowest BCUT2D eigenvalue weighted by Gasteiger charge is -2.30. The zero-order chi connectivity index (χ0) is 20.9. The second-order valence-corrected chi connectivity index (χ2v) is 7.62. The number of aliphatic hydroxyl groups is 1. The summed E-state index contributed by atoms with van der Waals surface area (Å²) in [4.78, 5) is 11.8. The van der Waals surface area contributed by atoms with Crippen molar-refractivity contribution >= 4 is 5.91 Å². The summed E-state index contributed by atoms with van der Waals surface area (Å²) < 4.78 is 26.8. The molecule has 6 heteroatoms. The highest BCUT2D eigenvalue weighted by molar-refractivity contribution is 5.77. The molecule has 1 amide bonds. The van der Waals surface area contributed by atoms with Crippen molar-refractivity contribution in [3.8, 4) is 0 Å². The van der Waals surface area contributed by atoms with Gasteiger partial charge >= 0.3 is 0 Å². The number of amides is 1. The highest BCUT2D eigenvalue weighted by Crippen LogP contribution is 2.22. The molecule has 2 atom stereocenters. The fourth-order valence-electron chi connectivity index (χ4n) is 3.19. The molecule has 0 aliphatic heterocycles. The van der Waals surface area contributed by atoms with Gasteiger partial charge in [0.15, 0.2) is 0 Å². The van der Waals surface area contributed by atoms with Gasteiger partial charge in [-0.2, -0.15) is 0 Å². The summed E-state index contributed by atoms with van der Waals surface area (Å²) in [5, 5.41) is 13.8. The summed E-state index contributed by atoms with van der Waals surface area (Å²) >= 11 is 0. The third kappa shape index (κ3) is 5.84. The Morgan fingerprint density at radius 3 is 2.36 bits per heavy atom. The zero-order valence-corrected chi connectivity index (χ0v) is 16.5. The van der Waals surface area contributed by atoms with E-state index in [2.05, 4.69) is 24.4 Å². The molecule has 0 saturated carbocycles. The quantitative estimate of drug-likeness (QED) is 0.616. The van der Waals surface area contributed by atoms with Gasteiger partial charge in [-0.05, 0) is 55.5 Å². The molecule has 0 bridgehead atoms. The van der Waals surface area contributed by atoms with Gasteiger partial charge in [-0.25, -0.2) is 8.78 Å². The van der Waals surface area contributed by atoms with E-state index in [0.717, 1.165) is 30.2 Å². The van der Waals surface area contributed by atoms with Gasteiger partial charge in [-0.3, -0.25) is 4.79 Å². The van der Waals surface area contributed by atoms with E-state index in [4.69, 9.17) is 5.73 Å². The molecule has 0 aliphatic carbocycles. The lowest BCUT2D eigenvalue weighted by Crippen LogP contribution is -2.46. The second kappa shape index (κ2) is 9.26. The Morgan fingerprint density at radius 2 is 1.79 bits per heavy atom. The van der Waals surface area contributed by atoms with E-state index in [0.29, 0.717) is 0 Å². The predicted molar refractivity (Wildman–Crippen MR) is 106 cm³/mol. The molecule has 2 rings (SSSR count). The first kappa shape index (κ1) is 22.0. The summed E-state index contributed by atoms with van der Waals surface area (Å²) in [5.41, 5.74) is 7.53. The Balaban J connectivity index is 2.08. The van der Waals surface area contributed by atoms with Crippen LogP contribution < -0.4 is 11.1 Å². The number of carbonyl (C=O) groups excluding carboxylic acids is 1. The predicted octanol–water partition coefficient (Wildman–Crippen LogP) is 3.06. The molecule has 0 radical (unpaired) electrons. The molecule has 4 N–H and O–H groups in total. The second-order valence-electron chi connectivity index (χ2n) is 7.62. The van der Waals surface area contributed by atoms with E-state index in [1.807, 2.05) is 26.0 Å². The molecular weight excluding hydrogens is 362 g/mol. The topological polar surface area (TPSA) is 75.3 Å². The number of nitrogens with one attached hydrogen (secondary N) is 1. The number of aryl methyl sites for hydroxylation is 1. The smallest absolute Gasteiger partial charge is 0.223 e. The SMILES string of the molecule is CCc1cccc(C(C)(C)NC[C@H](O)[C@H](Cc2cc(F)cc(F)c2)C(N)=O)c1. The molecule has 28 heavy (non-hydrogen) atoms. The van der Waals surface area contributed by atoms with E-state index < -0.39 is 35.1 Å². The van der Waals surface area contributed by atoms with E-state index in [9.17, 15) is 18.7 Å². The van der Waals surface area contributed by atoms with E-state index in [1.165, 1.54) is 5.56 Å². The highest BCUT2D eigenvalue weighted by Gasteiger charge is 2.28. The number of hydrogen-bond acceptors (Lipinski definition) is 3. The van der Waals surface area contributed by atoms with Crippen LogP contribution in [0, 0.1) is 17.6 Å². The third-order valence-electron chi connectivity index (χ3n) is 5.02. The number of aliphatic hydroxyl groups excluding tert-OH is 1. The largest absolute Gasteiger partial charge is 0.391 e. The normalized spacial score (nSPS) is 13.9. The van der Waals surface area contributed by atoms with Crippen LogP contribution in [-0.4, -0.2) is 23.7 Å². The maximum Gasteiger partial charge on any atom is 0.223 e. The van der Waals surface area contributed by atoms with Crippen LogP contribution in [-0.2, 0) is 23.2 Å². The third-order valence-corrected chi connectivity index (χ3v) is 5.02. The van der Waals surface area contributed by atoms with Crippen LogP contribution >= 0.6 is 0 Å². The standard InChI is InChI=1S/C22H28F2N2O2/c1-4-14-6-5-7-16(8-14)22(2,3)26-13-20(27)19(21(25)28)11-15-9-17(23)12-18(24)10-15/h5-10,12,19-20,26-27H,4,11,13H2,1-3H3,(H2,25,28)/t19-,20-/m0/s1. The Bertz CT molecular complexity index is 804. The molecule has 152 valence electrons. The van der Waals surface area contributed by atoms with Crippen molar-refractivity contribution < 1.29 is 18.7 Å². The lowest BCUT2D eigenvalue weighted by molar-refractivity contribution is -0.125. The van der Waals surface area contributed by atoms with E-state index >= 15 is 0 Å². The summed E-state index contributed by atoms with van der Waals surface area (Å²) in [6.45, 7) is 6.15. The van der Waals surface area contributed by atoms with Gasteiger partial charge < -0.3 is 16.2 Å².